The maximum Gasteiger partial charge on any atom is 0.0640 e. The van der Waals surface area contributed by atoms with Crippen LogP contribution >= 0.6 is 11.3 Å². The lowest BCUT2D eigenvalue weighted by atomic mass is 9.96. The topological polar surface area (TPSA) is 3.24 Å². The standard InChI is InChI=1S/C52H35NS/c1-3-13-36(14-4-1)44-33-45(37-15-5-2-6-16-37)35-47(34-44)53(50-23-12-22-49-48-21-9-10-24-51(48)54-52(49)50)46-29-27-39(28-30-46)41-19-11-20-42(31-41)43-26-25-38-17-7-8-18-40(38)32-43/h1-35H. The van der Waals surface area contributed by atoms with Crippen LogP contribution in [0.4, 0.5) is 17.1 Å². The van der Waals surface area contributed by atoms with E-state index in [4.69, 9.17) is 0 Å². The van der Waals surface area contributed by atoms with E-state index in [0.717, 1.165) is 11.4 Å². The Hall–Kier alpha value is -6.74. The zero-order chi connectivity index (χ0) is 35.8. The van der Waals surface area contributed by atoms with Gasteiger partial charge in [-0.1, -0.05) is 158 Å². The van der Waals surface area contributed by atoms with Crippen LogP contribution in [0.5, 0.6) is 0 Å². The Labute approximate surface area is 319 Å². The van der Waals surface area contributed by atoms with Gasteiger partial charge in [0.25, 0.3) is 0 Å². The molecule has 0 spiro atoms. The van der Waals surface area contributed by atoms with Crippen LogP contribution in [0.25, 0.3) is 75.5 Å². The Morgan fingerprint density at radius 2 is 0.815 bits per heavy atom. The second-order valence-corrected chi connectivity index (χ2v) is 14.8. The van der Waals surface area contributed by atoms with Gasteiger partial charge in [-0.25, -0.2) is 0 Å². The van der Waals surface area contributed by atoms with Crippen molar-refractivity contribution in [3.05, 3.63) is 212 Å². The summed E-state index contributed by atoms with van der Waals surface area (Å²) in [5.74, 6) is 0. The Bertz CT molecular complexity index is 2870. The summed E-state index contributed by atoms with van der Waals surface area (Å²) in [7, 11) is 0. The highest BCUT2D eigenvalue weighted by molar-refractivity contribution is 7.26. The fourth-order valence-corrected chi connectivity index (χ4v) is 8.93. The van der Waals surface area contributed by atoms with Crippen LogP contribution in [0.15, 0.2) is 212 Å². The van der Waals surface area contributed by atoms with Crippen LogP contribution in [0, 0.1) is 0 Å². The van der Waals surface area contributed by atoms with Crippen molar-refractivity contribution in [3.63, 3.8) is 0 Å². The molecule has 0 aliphatic heterocycles. The summed E-state index contributed by atoms with van der Waals surface area (Å²) in [5.41, 5.74) is 13.0. The number of hydrogen-bond donors (Lipinski definition) is 0. The summed E-state index contributed by atoms with van der Waals surface area (Å²) in [6.07, 6.45) is 0. The molecule has 0 N–H and O–H groups in total. The second kappa shape index (κ2) is 13.7. The van der Waals surface area contributed by atoms with E-state index in [9.17, 15) is 0 Å². The smallest absolute Gasteiger partial charge is 0.0640 e. The lowest BCUT2D eigenvalue weighted by molar-refractivity contribution is 1.30. The van der Waals surface area contributed by atoms with E-state index >= 15 is 0 Å². The van der Waals surface area contributed by atoms with Crippen molar-refractivity contribution in [2.75, 3.05) is 4.90 Å². The van der Waals surface area contributed by atoms with E-state index in [1.165, 1.54) is 81.1 Å². The first-order valence-electron chi connectivity index (χ1n) is 18.4. The normalized spacial score (nSPS) is 11.3. The lowest BCUT2D eigenvalue weighted by Crippen LogP contribution is -2.10. The second-order valence-electron chi connectivity index (χ2n) is 13.8. The largest absolute Gasteiger partial charge is 0.309 e. The summed E-state index contributed by atoms with van der Waals surface area (Å²) in [6.45, 7) is 0. The van der Waals surface area contributed by atoms with E-state index in [1.807, 2.05) is 11.3 Å². The van der Waals surface area contributed by atoms with Gasteiger partial charge in [-0.15, -0.1) is 11.3 Å². The number of fused-ring (bicyclic) bond motifs is 4. The minimum atomic E-state index is 1.11. The van der Waals surface area contributed by atoms with Crippen LogP contribution < -0.4 is 4.90 Å². The van der Waals surface area contributed by atoms with E-state index in [-0.39, 0.29) is 0 Å². The molecular formula is C52H35NS. The van der Waals surface area contributed by atoms with Gasteiger partial charge in [-0.3, -0.25) is 0 Å². The highest BCUT2D eigenvalue weighted by Gasteiger charge is 2.20. The lowest BCUT2D eigenvalue weighted by Gasteiger charge is -2.27. The molecule has 0 atom stereocenters. The van der Waals surface area contributed by atoms with Crippen LogP contribution in [-0.4, -0.2) is 0 Å². The Morgan fingerprint density at radius 3 is 1.56 bits per heavy atom. The molecule has 0 radical (unpaired) electrons. The van der Waals surface area contributed by atoms with Gasteiger partial charge in [0, 0.05) is 26.8 Å². The molecule has 54 heavy (non-hydrogen) atoms. The van der Waals surface area contributed by atoms with Crippen LogP contribution in [0.3, 0.4) is 0 Å². The van der Waals surface area contributed by atoms with Crippen molar-refractivity contribution in [2.45, 2.75) is 0 Å². The molecular weight excluding hydrogens is 671 g/mol. The average Bonchev–Trinajstić information content (AvgIpc) is 3.64. The van der Waals surface area contributed by atoms with E-state index < -0.39 is 0 Å². The van der Waals surface area contributed by atoms with Crippen molar-refractivity contribution < 1.29 is 0 Å². The first-order valence-corrected chi connectivity index (χ1v) is 19.2. The van der Waals surface area contributed by atoms with Gasteiger partial charge in [0.2, 0.25) is 0 Å². The molecule has 254 valence electrons. The SMILES string of the molecule is c1ccc(-c2cc(-c3ccccc3)cc(N(c3ccc(-c4cccc(-c5ccc6ccccc6c5)c4)cc3)c3cccc4c3sc3ccccc34)c2)cc1. The number of anilines is 3. The Morgan fingerprint density at radius 1 is 0.296 bits per heavy atom. The molecule has 10 aromatic rings. The van der Waals surface area contributed by atoms with Gasteiger partial charge in [0.15, 0.2) is 0 Å². The third-order valence-corrected chi connectivity index (χ3v) is 11.6. The minimum Gasteiger partial charge on any atom is -0.309 e. The molecule has 0 aliphatic carbocycles. The quantitative estimate of drug-likeness (QED) is 0.160. The third-order valence-electron chi connectivity index (χ3n) is 10.4. The van der Waals surface area contributed by atoms with Crippen molar-refractivity contribution in [1.29, 1.82) is 0 Å². The zero-order valence-electron chi connectivity index (χ0n) is 29.6. The predicted molar refractivity (Wildman–Crippen MR) is 233 cm³/mol. The van der Waals surface area contributed by atoms with Crippen molar-refractivity contribution in [1.82, 2.24) is 0 Å². The molecule has 2 heteroatoms. The summed E-state index contributed by atoms with van der Waals surface area (Å²) in [5, 5.41) is 5.09. The summed E-state index contributed by atoms with van der Waals surface area (Å²) < 4.78 is 2.57. The summed E-state index contributed by atoms with van der Waals surface area (Å²) in [6, 6.07) is 77.2. The molecule has 9 aromatic carbocycles. The fourth-order valence-electron chi connectivity index (χ4n) is 7.72. The van der Waals surface area contributed by atoms with Crippen LogP contribution in [-0.2, 0) is 0 Å². The number of thiophene rings is 1. The van der Waals surface area contributed by atoms with Gasteiger partial charge < -0.3 is 4.90 Å². The fraction of sp³-hybridized carbons (Fsp3) is 0. The summed E-state index contributed by atoms with van der Waals surface area (Å²) >= 11 is 1.87. The minimum absolute atomic E-state index is 1.11. The highest BCUT2D eigenvalue weighted by atomic mass is 32.1. The number of rotatable bonds is 7. The van der Waals surface area contributed by atoms with Gasteiger partial charge in [-0.05, 0) is 110 Å². The first-order chi connectivity index (χ1) is 26.7. The molecule has 1 heterocycles. The predicted octanol–water partition coefficient (Wildman–Crippen LogP) is 15.3. The molecule has 0 bridgehead atoms. The number of nitrogens with zero attached hydrogens (tertiary/aromatic N) is 1. The maximum atomic E-state index is 2.45. The van der Waals surface area contributed by atoms with E-state index in [2.05, 4.69) is 217 Å². The Balaban J connectivity index is 1.13. The van der Waals surface area contributed by atoms with Gasteiger partial charge in [0.1, 0.15) is 0 Å². The molecule has 10 rings (SSSR count). The van der Waals surface area contributed by atoms with Crippen molar-refractivity contribution in [2.24, 2.45) is 0 Å². The first kappa shape index (κ1) is 32.0. The molecule has 0 saturated carbocycles. The molecule has 1 nitrogen and oxygen atoms in total. The zero-order valence-corrected chi connectivity index (χ0v) is 30.4. The molecule has 0 amide bonds. The average molecular weight is 706 g/mol. The molecule has 0 unspecified atom stereocenters. The Kier molecular flexibility index (Phi) is 8.09. The van der Waals surface area contributed by atoms with E-state index in [1.54, 1.807) is 0 Å². The van der Waals surface area contributed by atoms with E-state index in [0.29, 0.717) is 0 Å². The molecule has 0 aliphatic rings. The molecule has 0 saturated heterocycles. The van der Waals surface area contributed by atoms with Crippen LogP contribution in [0.2, 0.25) is 0 Å². The number of hydrogen-bond acceptors (Lipinski definition) is 2. The van der Waals surface area contributed by atoms with Crippen molar-refractivity contribution in [3.8, 4) is 44.5 Å². The summed E-state index contributed by atoms with van der Waals surface area (Å²) in [4.78, 5) is 2.45. The monoisotopic (exact) mass is 705 g/mol. The maximum absolute atomic E-state index is 2.45. The van der Waals surface area contributed by atoms with Crippen LogP contribution in [0.1, 0.15) is 0 Å². The molecule has 0 fully saturated rings. The van der Waals surface area contributed by atoms with Gasteiger partial charge >= 0.3 is 0 Å². The molecule has 1 aromatic heterocycles. The van der Waals surface area contributed by atoms with Crippen molar-refractivity contribution >= 4 is 59.3 Å². The highest BCUT2D eigenvalue weighted by Crippen LogP contribution is 2.46. The van der Waals surface area contributed by atoms with Gasteiger partial charge in [-0.2, -0.15) is 0 Å². The third kappa shape index (κ3) is 5.93. The van der Waals surface area contributed by atoms with Gasteiger partial charge in [0.05, 0.1) is 10.4 Å². The number of benzene rings is 9.